The van der Waals surface area contributed by atoms with Crippen molar-refractivity contribution < 1.29 is 0 Å². The molecule has 0 saturated heterocycles. The maximum atomic E-state index is 2.86. The molecule has 2 heteroatoms. The minimum absolute atomic E-state index is 0.777. The van der Waals surface area contributed by atoms with E-state index >= 15 is 0 Å². The molecule has 0 aromatic carbocycles. The summed E-state index contributed by atoms with van der Waals surface area (Å²) < 4.78 is 0. The minimum atomic E-state index is 0.777. The first kappa shape index (κ1) is 25.9. The van der Waals surface area contributed by atoms with Crippen molar-refractivity contribution >= 4 is 0 Å². The SMILES string of the molecule is CCCCCCC(CN(CCCC)CCCC)N(CCCC)CCCC. The van der Waals surface area contributed by atoms with E-state index < -0.39 is 0 Å². The van der Waals surface area contributed by atoms with Crippen molar-refractivity contribution in [3.05, 3.63) is 0 Å². The van der Waals surface area contributed by atoms with Gasteiger partial charge in [0.1, 0.15) is 0 Å². The molecule has 0 spiro atoms. The number of nitrogens with zero attached hydrogens (tertiary/aromatic N) is 2. The van der Waals surface area contributed by atoms with Crippen molar-refractivity contribution in [3.8, 4) is 0 Å². The van der Waals surface area contributed by atoms with Gasteiger partial charge in [-0.05, 0) is 58.3 Å². The summed E-state index contributed by atoms with van der Waals surface area (Å²) in [5, 5.41) is 0. The number of unbranched alkanes of at least 4 members (excludes halogenated alkanes) is 7. The van der Waals surface area contributed by atoms with E-state index in [9.17, 15) is 0 Å². The molecule has 158 valence electrons. The molecular weight excluding hydrogens is 316 g/mol. The highest BCUT2D eigenvalue weighted by molar-refractivity contribution is 4.77. The van der Waals surface area contributed by atoms with Crippen LogP contribution in [0.4, 0.5) is 0 Å². The third-order valence-corrected chi connectivity index (χ3v) is 5.63. The Hall–Kier alpha value is -0.0800. The van der Waals surface area contributed by atoms with Gasteiger partial charge >= 0.3 is 0 Å². The fraction of sp³-hybridized carbons (Fsp3) is 1.00. The molecule has 0 aromatic heterocycles. The number of rotatable bonds is 20. The Balaban J connectivity index is 4.89. The van der Waals surface area contributed by atoms with Crippen LogP contribution >= 0.6 is 0 Å². The maximum Gasteiger partial charge on any atom is 0.0223 e. The van der Waals surface area contributed by atoms with Crippen LogP contribution < -0.4 is 0 Å². The topological polar surface area (TPSA) is 6.48 Å². The zero-order valence-corrected chi connectivity index (χ0v) is 19.2. The second kappa shape index (κ2) is 19.7. The lowest BCUT2D eigenvalue weighted by Gasteiger charge is -2.36. The molecule has 0 aliphatic heterocycles. The van der Waals surface area contributed by atoms with Gasteiger partial charge in [0.15, 0.2) is 0 Å². The fourth-order valence-electron chi connectivity index (χ4n) is 3.75. The summed E-state index contributed by atoms with van der Waals surface area (Å²) in [6.07, 6.45) is 17.7. The molecule has 0 heterocycles. The standard InChI is InChI=1S/C24H52N2/c1-6-11-16-17-18-24(26(21-14-9-4)22-15-10-5)23-25(19-12-7-2)20-13-8-3/h24H,6-23H2,1-5H3. The summed E-state index contributed by atoms with van der Waals surface area (Å²) in [5.74, 6) is 0. The normalized spacial score (nSPS) is 13.0. The largest absolute Gasteiger partial charge is 0.302 e. The van der Waals surface area contributed by atoms with Crippen molar-refractivity contribution in [3.63, 3.8) is 0 Å². The van der Waals surface area contributed by atoms with Crippen molar-refractivity contribution in [1.82, 2.24) is 9.80 Å². The summed E-state index contributed by atoms with van der Waals surface area (Å²) in [5.41, 5.74) is 0. The van der Waals surface area contributed by atoms with Gasteiger partial charge < -0.3 is 4.90 Å². The van der Waals surface area contributed by atoms with E-state index in [1.807, 2.05) is 0 Å². The second-order valence-corrected chi connectivity index (χ2v) is 8.25. The highest BCUT2D eigenvalue weighted by Crippen LogP contribution is 2.16. The van der Waals surface area contributed by atoms with Crippen LogP contribution in [0.25, 0.3) is 0 Å². The minimum Gasteiger partial charge on any atom is -0.302 e. The Morgan fingerprint density at radius 2 is 0.962 bits per heavy atom. The van der Waals surface area contributed by atoms with Crippen molar-refractivity contribution in [2.45, 2.75) is 124 Å². The summed E-state index contributed by atoms with van der Waals surface area (Å²) in [6, 6.07) is 0.777. The maximum absolute atomic E-state index is 2.86. The first-order valence-corrected chi connectivity index (χ1v) is 12.2. The van der Waals surface area contributed by atoms with Crippen molar-refractivity contribution in [1.29, 1.82) is 0 Å². The molecule has 0 fully saturated rings. The first-order valence-electron chi connectivity index (χ1n) is 12.2. The molecule has 0 aliphatic rings. The van der Waals surface area contributed by atoms with E-state index in [4.69, 9.17) is 0 Å². The summed E-state index contributed by atoms with van der Waals surface area (Å²) >= 11 is 0. The Morgan fingerprint density at radius 3 is 1.42 bits per heavy atom. The lowest BCUT2D eigenvalue weighted by atomic mass is 10.0. The molecule has 2 nitrogen and oxygen atoms in total. The predicted octanol–water partition coefficient (Wildman–Crippen LogP) is 7.13. The molecule has 0 rings (SSSR count). The van der Waals surface area contributed by atoms with Gasteiger partial charge in [0.2, 0.25) is 0 Å². The number of hydrogen-bond acceptors (Lipinski definition) is 2. The van der Waals surface area contributed by atoms with Gasteiger partial charge in [0.05, 0.1) is 0 Å². The second-order valence-electron chi connectivity index (χ2n) is 8.25. The van der Waals surface area contributed by atoms with E-state index in [1.54, 1.807) is 0 Å². The van der Waals surface area contributed by atoms with Crippen LogP contribution in [0.3, 0.4) is 0 Å². The fourth-order valence-corrected chi connectivity index (χ4v) is 3.75. The Bertz CT molecular complexity index is 251. The molecule has 0 aliphatic carbocycles. The molecule has 0 aromatic rings. The van der Waals surface area contributed by atoms with Gasteiger partial charge in [0.25, 0.3) is 0 Å². The highest BCUT2D eigenvalue weighted by Gasteiger charge is 2.20. The molecule has 0 amide bonds. The highest BCUT2D eigenvalue weighted by atomic mass is 15.2. The lowest BCUT2D eigenvalue weighted by molar-refractivity contribution is 0.123. The Morgan fingerprint density at radius 1 is 0.500 bits per heavy atom. The number of hydrogen-bond donors (Lipinski definition) is 0. The summed E-state index contributed by atoms with van der Waals surface area (Å²) in [6.45, 7) is 18.2. The average molecular weight is 369 g/mol. The van der Waals surface area contributed by atoms with Gasteiger partial charge in [-0.25, -0.2) is 0 Å². The molecule has 26 heavy (non-hydrogen) atoms. The van der Waals surface area contributed by atoms with Crippen LogP contribution in [0.1, 0.15) is 118 Å². The quantitative estimate of drug-likeness (QED) is 0.211. The van der Waals surface area contributed by atoms with Gasteiger partial charge in [0, 0.05) is 12.6 Å². The third kappa shape index (κ3) is 14.0. The van der Waals surface area contributed by atoms with E-state index in [2.05, 4.69) is 44.4 Å². The molecular formula is C24H52N2. The zero-order chi connectivity index (χ0) is 19.5. The summed E-state index contributed by atoms with van der Waals surface area (Å²) in [7, 11) is 0. The van der Waals surface area contributed by atoms with Crippen LogP contribution in [-0.2, 0) is 0 Å². The van der Waals surface area contributed by atoms with Gasteiger partial charge in [-0.15, -0.1) is 0 Å². The van der Waals surface area contributed by atoms with E-state index in [0.29, 0.717) is 0 Å². The average Bonchev–Trinajstić information content (AvgIpc) is 2.66. The monoisotopic (exact) mass is 368 g/mol. The molecule has 0 saturated carbocycles. The molecule has 0 bridgehead atoms. The van der Waals surface area contributed by atoms with Gasteiger partial charge in [-0.2, -0.15) is 0 Å². The Labute approximate surface area is 167 Å². The van der Waals surface area contributed by atoms with Crippen LogP contribution in [0.5, 0.6) is 0 Å². The van der Waals surface area contributed by atoms with Crippen LogP contribution in [0, 0.1) is 0 Å². The van der Waals surface area contributed by atoms with E-state index in [1.165, 1.54) is 116 Å². The van der Waals surface area contributed by atoms with Gasteiger partial charge in [-0.1, -0.05) is 86.0 Å². The van der Waals surface area contributed by atoms with Gasteiger partial charge in [-0.3, -0.25) is 4.90 Å². The Kier molecular flexibility index (Phi) is 19.6. The van der Waals surface area contributed by atoms with Crippen LogP contribution in [0.2, 0.25) is 0 Å². The van der Waals surface area contributed by atoms with Crippen molar-refractivity contribution in [2.24, 2.45) is 0 Å². The molecule has 0 N–H and O–H groups in total. The van der Waals surface area contributed by atoms with Crippen LogP contribution in [-0.4, -0.2) is 48.6 Å². The smallest absolute Gasteiger partial charge is 0.0223 e. The predicted molar refractivity (Wildman–Crippen MR) is 120 cm³/mol. The van der Waals surface area contributed by atoms with Crippen molar-refractivity contribution in [2.75, 3.05) is 32.7 Å². The lowest BCUT2D eigenvalue weighted by Crippen LogP contribution is -2.45. The molecule has 0 radical (unpaired) electrons. The van der Waals surface area contributed by atoms with Crippen LogP contribution in [0.15, 0.2) is 0 Å². The van der Waals surface area contributed by atoms with E-state index in [-0.39, 0.29) is 0 Å². The summed E-state index contributed by atoms with van der Waals surface area (Å²) in [4.78, 5) is 5.66. The van der Waals surface area contributed by atoms with E-state index in [0.717, 1.165) is 6.04 Å². The molecule has 1 atom stereocenters. The molecule has 1 unspecified atom stereocenters. The third-order valence-electron chi connectivity index (χ3n) is 5.63. The zero-order valence-electron chi connectivity index (χ0n) is 19.2. The first-order chi connectivity index (χ1) is 12.7.